The second kappa shape index (κ2) is 9.47. The zero-order valence-electron chi connectivity index (χ0n) is 19.2. The highest BCUT2D eigenvalue weighted by Gasteiger charge is 2.38. The molecule has 0 bridgehead atoms. The maximum atomic E-state index is 13.1. The van der Waals surface area contributed by atoms with Gasteiger partial charge in [0.1, 0.15) is 11.9 Å². The average molecular weight is 451 g/mol. The van der Waals surface area contributed by atoms with Crippen molar-refractivity contribution in [1.29, 1.82) is 0 Å². The molecule has 6 heteroatoms. The maximum absolute atomic E-state index is 13.1. The third kappa shape index (κ3) is 4.32. The first-order valence-corrected chi connectivity index (χ1v) is 11.6. The van der Waals surface area contributed by atoms with Crippen molar-refractivity contribution in [1.82, 2.24) is 19.8 Å². The molecule has 2 aromatic carbocycles. The van der Waals surface area contributed by atoms with Gasteiger partial charge in [-0.2, -0.15) is 0 Å². The predicted molar refractivity (Wildman–Crippen MR) is 129 cm³/mol. The van der Waals surface area contributed by atoms with Crippen molar-refractivity contribution in [2.45, 2.75) is 52.2 Å². The first kappa shape index (κ1) is 22.6. The number of hydrogen-bond donors (Lipinski definition) is 1. The molecule has 168 valence electrons. The summed E-state index contributed by atoms with van der Waals surface area (Å²) in [5.74, 6) is 0.922. The summed E-state index contributed by atoms with van der Waals surface area (Å²) in [6.45, 7) is 7.81. The summed E-state index contributed by atoms with van der Waals surface area (Å²) < 4.78 is 2.22. The molecule has 32 heavy (non-hydrogen) atoms. The number of halogens is 1. The molecule has 0 fully saturated rings. The fourth-order valence-electron chi connectivity index (χ4n) is 4.81. The summed E-state index contributed by atoms with van der Waals surface area (Å²) in [4.78, 5) is 20.0. The van der Waals surface area contributed by atoms with Crippen LogP contribution in [0.2, 0.25) is 5.15 Å². The second-order valence-electron chi connectivity index (χ2n) is 8.63. The van der Waals surface area contributed by atoms with Crippen molar-refractivity contribution in [3.05, 3.63) is 87.5 Å². The Morgan fingerprint density at radius 2 is 1.88 bits per heavy atom. The van der Waals surface area contributed by atoms with E-state index >= 15 is 0 Å². The van der Waals surface area contributed by atoms with E-state index in [4.69, 9.17) is 11.6 Å². The van der Waals surface area contributed by atoms with Crippen LogP contribution >= 0.6 is 11.6 Å². The lowest BCUT2D eigenvalue weighted by atomic mass is 9.94. The molecule has 1 amide bonds. The quantitative estimate of drug-likeness (QED) is 0.578. The van der Waals surface area contributed by atoms with Gasteiger partial charge in [-0.15, -0.1) is 0 Å². The number of likely N-dealkylation sites (N-methyl/N-ethyl adjacent to an activating group) is 1. The van der Waals surface area contributed by atoms with Gasteiger partial charge in [-0.3, -0.25) is 9.69 Å². The van der Waals surface area contributed by atoms with Gasteiger partial charge in [0.2, 0.25) is 5.91 Å². The van der Waals surface area contributed by atoms with Gasteiger partial charge in [0.25, 0.3) is 0 Å². The van der Waals surface area contributed by atoms with Gasteiger partial charge >= 0.3 is 0 Å². The third-order valence-electron chi connectivity index (χ3n) is 6.67. The zero-order valence-corrected chi connectivity index (χ0v) is 20.0. The van der Waals surface area contributed by atoms with Crippen molar-refractivity contribution in [3.8, 4) is 0 Å². The smallest absolute Gasteiger partial charge is 0.241 e. The lowest BCUT2D eigenvalue weighted by molar-refractivity contribution is -0.128. The molecule has 1 N–H and O–H groups in total. The van der Waals surface area contributed by atoms with Crippen LogP contribution in [-0.2, 0) is 17.8 Å². The van der Waals surface area contributed by atoms with Crippen molar-refractivity contribution in [3.63, 3.8) is 0 Å². The Kier molecular flexibility index (Phi) is 6.68. The molecule has 2 atom stereocenters. The summed E-state index contributed by atoms with van der Waals surface area (Å²) in [5, 5.41) is 3.42. The minimum absolute atomic E-state index is 0.00631. The van der Waals surface area contributed by atoms with Crippen LogP contribution in [0.25, 0.3) is 0 Å². The van der Waals surface area contributed by atoms with Crippen LogP contribution in [0.3, 0.4) is 0 Å². The van der Waals surface area contributed by atoms with E-state index in [2.05, 4.69) is 51.8 Å². The molecular weight excluding hydrogens is 420 g/mol. The van der Waals surface area contributed by atoms with Crippen LogP contribution in [0.15, 0.2) is 48.5 Å². The lowest BCUT2D eigenvalue weighted by Gasteiger charge is -2.41. The standard InChI is InChI=1S/C26H31ClN4O/c1-17-10-11-20(16-18(17)2)12-13-22-24-25(27)29-19(3)30(24)14-15-31(22)23(26(32)28-4)21-8-6-5-7-9-21/h5-11,16,22-23H,12-15H2,1-4H3,(H,28,32)/t22?,23-/m1/s1. The fraction of sp³-hybridized carbons (Fsp3) is 0.385. The van der Waals surface area contributed by atoms with Gasteiger partial charge in [0, 0.05) is 20.1 Å². The van der Waals surface area contributed by atoms with Crippen LogP contribution in [0, 0.1) is 20.8 Å². The van der Waals surface area contributed by atoms with Crippen molar-refractivity contribution in [2.75, 3.05) is 13.6 Å². The largest absolute Gasteiger partial charge is 0.358 e. The number of imidazole rings is 1. The Bertz CT molecular complexity index is 1110. The van der Waals surface area contributed by atoms with Gasteiger partial charge in [-0.25, -0.2) is 4.98 Å². The second-order valence-corrected chi connectivity index (χ2v) is 8.98. The molecule has 3 aromatic rings. The van der Waals surface area contributed by atoms with Gasteiger partial charge < -0.3 is 9.88 Å². The highest BCUT2D eigenvalue weighted by molar-refractivity contribution is 6.30. The van der Waals surface area contributed by atoms with Crippen molar-refractivity contribution >= 4 is 17.5 Å². The number of amides is 1. The monoisotopic (exact) mass is 450 g/mol. The predicted octanol–water partition coefficient (Wildman–Crippen LogP) is 4.94. The Balaban J connectivity index is 1.73. The molecule has 0 saturated heterocycles. The topological polar surface area (TPSA) is 50.2 Å². The molecule has 1 unspecified atom stereocenters. The van der Waals surface area contributed by atoms with E-state index in [1.165, 1.54) is 16.7 Å². The molecule has 1 aliphatic heterocycles. The maximum Gasteiger partial charge on any atom is 0.241 e. The average Bonchev–Trinajstić information content (AvgIpc) is 3.09. The van der Waals surface area contributed by atoms with Gasteiger partial charge in [0.05, 0.1) is 11.7 Å². The van der Waals surface area contributed by atoms with Gasteiger partial charge in [-0.1, -0.05) is 60.1 Å². The van der Waals surface area contributed by atoms with E-state index in [1.807, 2.05) is 37.3 Å². The van der Waals surface area contributed by atoms with Crippen LogP contribution < -0.4 is 5.32 Å². The number of aromatic nitrogens is 2. The number of nitrogens with one attached hydrogen (secondary N) is 1. The lowest BCUT2D eigenvalue weighted by Crippen LogP contribution is -2.46. The Morgan fingerprint density at radius 3 is 2.56 bits per heavy atom. The molecule has 1 aliphatic rings. The number of hydrogen-bond acceptors (Lipinski definition) is 3. The normalized spacial score (nSPS) is 17.1. The minimum atomic E-state index is -0.383. The van der Waals surface area contributed by atoms with Crippen LogP contribution in [0.4, 0.5) is 0 Å². The number of aryl methyl sites for hydroxylation is 4. The van der Waals surface area contributed by atoms with Crippen molar-refractivity contribution in [2.24, 2.45) is 0 Å². The molecule has 0 saturated carbocycles. The highest BCUT2D eigenvalue weighted by atomic mass is 35.5. The third-order valence-corrected chi connectivity index (χ3v) is 6.95. The SMILES string of the molecule is CNC(=O)[C@@H](c1ccccc1)N1CCn2c(C)nc(Cl)c2C1CCc1ccc(C)c(C)c1. The Hall–Kier alpha value is -2.63. The fourth-order valence-corrected chi connectivity index (χ4v) is 5.16. The minimum Gasteiger partial charge on any atom is -0.358 e. The summed E-state index contributed by atoms with van der Waals surface area (Å²) in [6, 6.07) is 16.3. The molecule has 0 spiro atoms. The molecular formula is C26H31ClN4O. The van der Waals surface area contributed by atoms with E-state index < -0.39 is 0 Å². The van der Waals surface area contributed by atoms with Crippen LogP contribution in [0.1, 0.15) is 52.3 Å². The summed E-state index contributed by atoms with van der Waals surface area (Å²) in [7, 11) is 1.70. The number of rotatable bonds is 6. The summed E-state index contributed by atoms with van der Waals surface area (Å²) in [5.41, 5.74) is 5.91. The highest BCUT2D eigenvalue weighted by Crippen LogP contribution is 2.40. The Morgan fingerprint density at radius 1 is 1.12 bits per heavy atom. The molecule has 1 aromatic heterocycles. The zero-order chi connectivity index (χ0) is 22.8. The first-order chi connectivity index (χ1) is 15.4. The van der Waals surface area contributed by atoms with Gasteiger partial charge in [0.15, 0.2) is 5.15 Å². The number of nitrogens with zero attached hydrogens (tertiary/aromatic N) is 3. The van der Waals surface area contributed by atoms with E-state index in [0.717, 1.165) is 43.0 Å². The van der Waals surface area contributed by atoms with Gasteiger partial charge in [-0.05, 0) is 55.9 Å². The van der Waals surface area contributed by atoms with E-state index in [1.54, 1.807) is 7.05 Å². The summed E-state index contributed by atoms with van der Waals surface area (Å²) >= 11 is 6.66. The first-order valence-electron chi connectivity index (χ1n) is 11.2. The van der Waals surface area contributed by atoms with E-state index in [9.17, 15) is 4.79 Å². The van der Waals surface area contributed by atoms with Crippen LogP contribution in [0.5, 0.6) is 0 Å². The Labute approximate surface area is 195 Å². The number of fused-ring (bicyclic) bond motifs is 1. The molecule has 5 nitrogen and oxygen atoms in total. The molecule has 0 radical (unpaired) electrons. The molecule has 2 heterocycles. The number of carbonyl (C=O) groups is 1. The number of carbonyl (C=O) groups excluding carboxylic acids is 1. The van der Waals surface area contributed by atoms with Crippen molar-refractivity contribution < 1.29 is 4.79 Å². The van der Waals surface area contributed by atoms with E-state index in [0.29, 0.717) is 5.15 Å². The number of benzene rings is 2. The summed E-state index contributed by atoms with van der Waals surface area (Å²) in [6.07, 6.45) is 1.76. The molecule has 0 aliphatic carbocycles. The molecule has 4 rings (SSSR count). The van der Waals surface area contributed by atoms with E-state index in [-0.39, 0.29) is 18.0 Å². The van der Waals surface area contributed by atoms with Crippen LogP contribution in [-0.4, -0.2) is 34.0 Å².